The van der Waals surface area contributed by atoms with Crippen molar-refractivity contribution in [3.05, 3.63) is 293 Å². The van der Waals surface area contributed by atoms with Crippen molar-refractivity contribution in [3.8, 4) is 22.3 Å². The van der Waals surface area contributed by atoms with Gasteiger partial charge in [0.05, 0.1) is 0 Å². The van der Waals surface area contributed by atoms with E-state index in [0.717, 1.165) is 85.3 Å². The Labute approximate surface area is 525 Å². The van der Waals surface area contributed by atoms with Crippen LogP contribution in [0.3, 0.4) is 0 Å². The van der Waals surface area contributed by atoms with Gasteiger partial charge in [-0.3, -0.25) is 0 Å². The molecule has 466 valence electrons. The topological polar surface area (TPSA) is 0 Å². The normalized spacial score (nSPS) is 12.1. The number of hydrogen-bond donors (Lipinski definition) is 0. The average Bonchev–Trinajstić information content (AvgIpc) is 0.806. The third kappa shape index (κ3) is 12.3. The second-order valence-electron chi connectivity index (χ2n) is 24.4. The van der Waals surface area contributed by atoms with Gasteiger partial charge in [0.15, 0.2) is 23.3 Å². The number of fused-ring (bicyclic) bond motifs is 15. The van der Waals surface area contributed by atoms with Gasteiger partial charge in [-0.1, -0.05) is 72.8 Å². The van der Waals surface area contributed by atoms with E-state index in [1.807, 2.05) is 69.3 Å². The SMILES string of the molecule is Cc1cc(F)c2c(c1)CCc1cc(C)c(F)cc1-2.Cc1cc(F)c2c(ccc3cc(C)c(F)cc32)c1.Cc1cc(F)c2c(ccc3cc(C)c(F)cc32)c1.Cc1cc2c(cc1F)-c1c(cc(C)c(F)c1F)CC2.Cc1cc2ccc3cc(C)c(F)c(F)c3c2cc1F. The first kappa shape index (κ1) is 64.1. The molecule has 0 aromatic heterocycles. The zero-order valence-corrected chi connectivity index (χ0v) is 52.2. The number of halogens is 12. The van der Waals surface area contributed by atoms with E-state index in [1.165, 1.54) is 55.5 Å². The predicted octanol–water partition coefficient (Wildman–Crippen LogP) is 23.6. The van der Waals surface area contributed by atoms with E-state index >= 15 is 0 Å². The molecule has 0 fully saturated rings. The van der Waals surface area contributed by atoms with Crippen LogP contribution in [0.25, 0.3) is 86.9 Å². The summed E-state index contributed by atoms with van der Waals surface area (Å²) in [6.45, 7) is 17.1. The van der Waals surface area contributed by atoms with Crippen LogP contribution in [0.5, 0.6) is 0 Å². The molecule has 15 rings (SSSR count). The molecule has 0 atom stereocenters. The molecule has 12 heteroatoms. The summed E-state index contributed by atoms with van der Waals surface area (Å²) >= 11 is 0. The zero-order valence-electron chi connectivity index (χ0n) is 52.2. The van der Waals surface area contributed by atoms with Crippen LogP contribution in [-0.2, 0) is 25.7 Å². The largest absolute Gasteiger partial charge is 0.207 e. The fourth-order valence-corrected chi connectivity index (χ4v) is 12.8. The Morgan fingerprint density at radius 1 is 0.217 bits per heavy atom. The van der Waals surface area contributed by atoms with E-state index in [1.54, 1.807) is 90.1 Å². The Hall–Kier alpha value is -9.42. The minimum absolute atomic E-state index is 0.138. The number of benzene rings is 13. The van der Waals surface area contributed by atoms with Gasteiger partial charge in [-0.05, 0) is 305 Å². The van der Waals surface area contributed by atoms with Gasteiger partial charge >= 0.3 is 0 Å². The quantitative estimate of drug-likeness (QED) is 0.105. The molecule has 0 radical (unpaired) electrons. The van der Waals surface area contributed by atoms with Crippen LogP contribution in [0.4, 0.5) is 52.7 Å². The van der Waals surface area contributed by atoms with Crippen molar-refractivity contribution in [1.29, 1.82) is 0 Å². The van der Waals surface area contributed by atoms with Gasteiger partial charge in [-0.15, -0.1) is 0 Å². The zero-order chi connectivity index (χ0) is 66.0. The minimum atomic E-state index is -0.913. The maximum absolute atomic E-state index is 14.2. The summed E-state index contributed by atoms with van der Waals surface area (Å²) in [5, 5.41) is 7.42. The molecule has 0 spiro atoms. The van der Waals surface area contributed by atoms with Crippen molar-refractivity contribution >= 4 is 64.6 Å². The van der Waals surface area contributed by atoms with Gasteiger partial charge in [-0.25, -0.2) is 52.7 Å². The molecule has 0 saturated carbocycles. The second-order valence-corrected chi connectivity index (χ2v) is 24.4. The Bertz CT molecular complexity index is 5060. The van der Waals surface area contributed by atoms with Gasteiger partial charge in [0.1, 0.15) is 46.5 Å². The maximum Gasteiger partial charge on any atom is 0.167 e. The molecule has 13 aromatic carbocycles. The summed E-state index contributed by atoms with van der Waals surface area (Å²) in [6.07, 6.45) is 3.07. The van der Waals surface area contributed by atoms with Crippen molar-refractivity contribution in [2.45, 2.75) is 94.9 Å². The van der Waals surface area contributed by atoms with Crippen LogP contribution in [0.15, 0.2) is 146 Å². The van der Waals surface area contributed by atoms with E-state index < -0.39 is 29.1 Å². The first-order chi connectivity index (χ1) is 43.6. The molecule has 0 unspecified atom stereocenters. The number of aryl methyl sites for hydroxylation is 14. The number of hydrogen-bond acceptors (Lipinski definition) is 0. The fourth-order valence-electron chi connectivity index (χ4n) is 12.8. The minimum Gasteiger partial charge on any atom is -0.207 e. The summed E-state index contributed by atoms with van der Waals surface area (Å²) in [7, 11) is 0. The smallest absolute Gasteiger partial charge is 0.167 e. The molecule has 0 heterocycles. The molecule has 0 nitrogen and oxygen atoms in total. The van der Waals surface area contributed by atoms with Gasteiger partial charge in [0, 0.05) is 27.3 Å². The molecule has 0 N–H and O–H groups in total. The third-order valence-corrected chi connectivity index (χ3v) is 17.5. The number of rotatable bonds is 0. The standard InChI is InChI=1S/C16H13F3.C16H11F3.C16H14F2.2C16H12F2/c2*1-8-5-10-3-4-11-6-9(2)15(18)16(19)14(11)12(10)7-13(8)17;3*1-9-5-12-4-3-11-7-10(2)14(17)8-13(11)16(12)15(18)6-9/h5-7H,3-4H2,1-2H3;3-7H,1-2H3;5-8H,3-4H2,1-2H3;2*3-8H,1-2H3. The first-order valence-electron chi connectivity index (χ1n) is 30.1. The van der Waals surface area contributed by atoms with Crippen molar-refractivity contribution in [1.82, 2.24) is 0 Å². The van der Waals surface area contributed by atoms with Crippen molar-refractivity contribution in [3.63, 3.8) is 0 Å². The fraction of sp³-hybridized carbons (Fsp3) is 0.175. The van der Waals surface area contributed by atoms with E-state index in [2.05, 4.69) is 0 Å². The van der Waals surface area contributed by atoms with Crippen LogP contribution in [0.1, 0.15) is 77.9 Å². The predicted molar refractivity (Wildman–Crippen MR) is 350 cm³/mol. The molecule has 0 aliphatic heterocycles. The van der Waals surface area contributed by atoms with Gasteiger partial charge < -0.3 is 0 Å². The van der Waals surface area contributed by atoms with Crippen LogP contribution in [-0.4, -0.2) is 0 Å². The van der Waals surface area contributed by atoms with E-state index in [4.69, 9.17) is 0 Å². The molecule has 0 bridgehead atoms. The van der Waals surface area contributed by atoms with Crippen LogP contribution in [0.2, 0.25) is 0 Å². The third-order valence-electron chi connectivity index (χ3n) is 17.5. The Morgan fingerprint density at radius 2 is 0.522 bits per heavy atom. The summed E-state index contributed by atoms with van der Waals surface area (Å²) < 4.78 is 166. The first-order valence-corrected chi connectivity index (χ1v) is 30.1. The summed E-state index contributed by atoms with van der Waals surface area (Å²) in [5.41, 5.74) is 11.7. The van der Waals surface area contributed by atoms with Gasteiger partial charge in [0.25, 0.3) is 0 Å². The highest BCUT2D eigenvalue weighted by Crippen LogP contribution is 2.41. The molecular weight excluding hydrogens is 1190 g/mol. The average molecular weight is 1250 g/mol. The molecular formula is C80H62F12. The summed E-state index contributed by atoms with van der Waals surface area (Å²) in [5.74, 6) is -5.97. The van der Waals surface area contributed by atoms with Crippen molar-refractivity contribution in [2.75, 3.05) is 0 Å². The molecule has 13 aromatic rings. The van der Waals surface area contributed by atoms with E-state index in [9.17, 15) is 52.7 Å². The van der Waals surface area contributed by atoms with E-state index in [-0.39, 0.29) is 57.2 Å². The summed E-state index contributed by atoms with van der Waals surface area (Å²) in [6, 6.07) is 40.3. The van der Waals surface area contributed by atoms with Gasteiger partial charge in [-0.2, -0.15) is 0 Å². The van der Waals surface area contributed by atoms with Crippen LogP contribution < -0.4 is 0 Å². The lowest BCUT2D eigenvalue weighted by molar-refractivity contribution is 0.503. The maximum atomic E-state index is 14.2. The van der Waals surface area contributed by atoms with Crippen LogP contribution >= 0.6 is 0 Å². The lowest BCUT2D eigenvalue weighted by Crippen LogP contribution is -2.09. The second kappa shape index (κ2) is 25.3. The Kier molecular flexibility index (Phi) is 17.7. The Morgan fingerprint density at radius 3 is 0.978 bits per heavy atom. The molecule has 0 saturated heterocycles. The highest BCUT2D eigenvalue weighted by Gasteiger charge is 2.26. The van der Waals surface area contributed by atoms with Crippen molar-refractivity contribution in [2.24, 2.45) is 0 Å². The molecule has 92 heavy (non-hydrogen) atoms. The molecule has 2 aliphatic carbocycles. The van der Waals surface area contributed by atoms with Gasteiger partial charge in [0.2, 0.25) is 0 Å². The lowest BCUT2D eigenvalue weighted by atomic mass is 9.83. The van der Waals surface area contributed by atoms with E-state index in [0.29, 0.717) is 88.6 Å². The van der Waals surface area contributed by atoms with Crippen LogP contribution in [0, 0.1) is 139 Å². The van der Waals surface area contributed by atoms with Crippen molar-refractivity contribution < 1.29 is 52.7 Å². The summed E-state index contributed by atoms with van der Waals surface area (Å²) in [4.78, 5) is 0. The Balaban J connectivity index is 0.000000118. The molecule has 0 amide bonds. The lowest BCUT2D eigenvalue weighted by Gasteiger charge is -2.22. The monoisotopic (exact) mass is 1250 g/mol. The molecule has 2 aliphatic rings. The highest BCUT2D eigenvalue weighted by molar-refractivity contribution is 6.10. The highest BCUT2D eigenvalue weighted by atomic mass is 19.2.